The number of rotatable bonds is 4. The zero-order chi connectivity index (χ0) is 15.5. The smallest absolute Gasteiger partial charge is 0.226 e. The number of carbonyl (C=O) groups is 1. The van der Waals surface area contributed by atoms with E-state index in [9.17, 15) is 9.18 Å². The van der Waals surface area contributed by atoms with Gasteiger partial charge in [0, 0.05) is 29.7 Å². The molecule has 2 nitrogen and oxygen atoms in total. The highest BCUT2D eigenvalue weighted by atomic mass is 32.2. The van der Waals surface area contributed by atoms with E-state index in [1.165, 1.54) is 12.1 Å². The molecule has 0 saturated carbocycles. The average molecular weight is 319 g/mol. The number of fused-ring (bicyclic) bond motifs is 1. The zero-order valence-corrected chi connectivity index (χ0v) is 13.7. The second kappa shape index (κ2) is 6.86. The van der Waals surface area contributed by atoms with E-state index in [0.717, 1.165) is 36.6 Å². The Balaban J connectivity index is 1.51. The van der Waals surface area contributed by atoms with E-state index in [2.05, 4.69) is 17.1 Å². The maximum atomic E-state index is 12.9. The van der Waals surface area contributed by atoms with E-state index in [4.69, 9.17) is 0 Å². The second-order valence-corrected chi connectivity index (χ2v) is 7.47. The lowest BCUT2D eigenvalue weighted by atomic mass is 9.86. The molecule has 0 aromatic heterocycles. The summed E-state index contributed by atoms with van der Waals surface area (Å²) in [5, 5.41) is 0. The lowest BCUT2D eigenvalue weighted by molar-refractivity contribution is -0.133. The van der Waals surface area contributed by atoms with Crippen LogP contribution in [0.15, 0.2) is 41.3 Å². The Kier molecular flexibility index (Phi) is 4.87. The molecule has 4 heteroatoms. The molecular weight excluding hydrogens is 297 g/mol. The van der Waals surface area contributed by atoms with Crippen molar-refractivity contribution in [1.82, 2.24) is 4.90 Å². The average Bonchev–Trinajstić information content (AvgIpc) is 2.97. The van der Waals surface area contributed by atoms with Gasteiger partial charge in [0.1, 0.15) is 5.82 Å². The fourth-order valence-electron chi connectivity index (χ4n) is 3.33. The Morgan fingerprint density at radius 2 is 1.82 bits per heavy atom. The topological polar surface area (TPSA) is 20.3 Å². The molecule has 1 aliphatic carbocycles. The molecule has 1 amide bonds. The van der Waals surface area contributed by atoms with Gasteiger partial charge in [-0.15, -0.1) is 11.8 Å². The minimum atomic E-state index is -0.221. The maximum Gasteiger partial charge on any atom is 0.226 e. The first-order valence-corrected chi connectivity index (χ1v) is 8.94. The largest absolute Gasteiger partial charge is 0.342 e. The summed E-state index contributed by atoms with van der Waals surface area (Å²) in [5.41, 5.74) is 0. The van der Waals surface area contributed by atoms with Gasteiger partial charge >= 0.3 is 0 Å². The van der Waals surface area contributed by atoms with Gasteiger partial charge in [-0.25, -0.2) is 4.39 Å². The minimum Gasteiger partial charge on any atom is -0.342 e. The zero-order valence-electron chi connectivity index (χ0n) is 12.9. The van der Waals surface area contributed by atoms with Crippen molar-refractivity contribution in [3.05, 3.63) is 42.2 Å². The summed E-state index contributed by atoms with van der Waals surface area (Å²) in [6, 6.07) is 6.47. The Morgan fingerprint density at radius 3 is 2.41 bits per heavy atom. The molecule has 0 radical (unpaired) electrons. The summed E-state index contributed by atoms with van der Waals surface area (Å²) in [6.07, 6.45) is 6.74. The highest BCUT2D eigenvalue weighted by molar-refractivity contribution is 7.99. The third-order valence-electron chi connectivity index (χ3n) is 4.67. The molecule has 3 atom stereocenters. The monoisotopic (exact) mass is 319 g/mol. The van der Waals surface area contributed by atoms with Gasteiger partial charge in [-0.05, 0) is 48.9 Å². The van der Waals surface area contributed by atoms with Crippen LogP contribution < -0.4 is 0 Å². The van der Waals surface area contributed by atoms with Crippen molar-refractivity contribution in [2.45, 2.75) is 24.7 Å². The molecule has 3 rings (SSSR count). The Bertz CT molecular complexity index is 541. The first-order valence-electron chi connectivity index (χ1n) is 7.95. The highest BCUT2D eigenvalue weighted by Gasteiger charge is 2.36. The van der Waals surface area contributed by atoms with Crippen LogP contribution in [0.5, 0.6) is 0 Å². The summed E-state index contributed by atoms with van der Waals surface area (Å²) in [4.78, 5) is 15.7. The SMILES string of the molecule is C[C@@H](CSc1ccc(F)cc1)C(=O)N1C[C@H]2CC=CC[C@H]2C1. The number of hydrogen-bond acceptors (Lipinski definition) is 2. The van der Waals surface area contributed by atoms with E-state index in [0.29, 0.717) is 11.8 Å². The Labute approximate surface area is 135 Å². The van der Waals surface area contributed by atoms with E-state index in [1.54, 1.807) is 23.9 Å². The molecule has 22 heavy (non-hydrogen) atoms. The van der Waals surface area contributed by atoms with Crippen molar-refractivity contribution >= 4 is 17.7 Å². The second-order valence-electron chi connectivity index (χ2n) is 6.37. The number of nitrogens with zero attached hydrogens (tertiary/aromatic N) is 1. The van der Waals surface area contributed by atoms with E-state index in [1.807, 2.05) is 6.92 Å². The number of thioether (sulfide) groups is 1. The van der Waals surface area contributed by atoms with Crippen molar-refractivity contribution in [3.8, 4) is 0 Å². The van der Waals surface area contributed by atoms with Gasteiger partial charge in [0.25, 0.3) is 0 Å². The van der Waals surface area contributed by atoms with Crippen molar-refractivity contribution in [1.29, 1.82) is 0 Å². The maximum absolute atomic E-state index is 12.9. The minimum absolute atomic E-state index is 0.00293. The molecule has 0 spiro atoms. The molecule has 0 N–H and O–H groups in total. The van der Waals surface area contributed by atoms with Crippen LogP contribution in [0, 0.1) is 23.6 Å². The van der Waals surface area contributed by atoms with Crippen LogP contribution >= 0.6 is 11.8 Å². The van der Waals surface area contributed by atoms with Crippen LogP contribution in [0.2, 0.25) is 0 Å². The number of carbonyl (C=O) groups excluding carboxylic acids is 1. The molecule has 1 heterocycles. The Morgan fingerprint density at radius 1 is 1.23 bits per heavy atom. The number of hydrogen-bond donors (Lipinski definition) is 0. The van der Waals surface area contributed by atoms with Gasteiger partial charge in [0.05, 0.1) is 0 Å². The van der Waals surface area contributed by atoms with Crippen molar-refractivity contribution in [2.24, 2.45) is 17.8 Å². The Hall–Kier alpha value is -1.29. The fourth-order valence-corrected chi connectivity index (χ4v) is 4.24. The predicted molar refractivity (Wildman–Crippen MR) is 88.2 cm³/mol. The van der Waals surface area contributed by atoms with E-state index < -0.39 is 0 Å². The molecule has 1 aliphatic heterocycles. The number of amides is 1. The number of benzene rings is 1. The molecule has 0 unspecified atom stereocenters. The summed E-state index contributed by atoms with van der Waals surface area (Å²) >= 11 is 1.62. The molecule has 2 aliphatic rings. The lowest BCUT2D eigenvalue weighted by Gasteiger charge is -2.20. The molecule has 1 saturated heterocycles. The van der Waals surface area contributed by atoms with Crippen LogP contribution in [-0.2, 0) is 4.79 Å². The van der Waals surface area contributed by atoms with Crippen LogP contribution in [0.3, 0.4) is 0 Å². The fraction of sp³-hybridized carbons (Fsp3) is 0.500. The summed E-state index contributed by atoms with van der Waals surface area (Å²) < 4.78 is 12.9. The van der Waals surface area contributed by atoms with Crippen LogP contribution in [-0.4, -0.2) is 29.6 Å². The molecule has 0 bridgehead atoms. The summed E-state index contributed by atoms with van der Waals surface area (Å²) in [7, 11) is 0. The normalized spacial score (nSPS) is 25.1. The summed E-state index contributed by atoms with van der Waals surface area (Å²) in [6.45, 7) is 3.83. The van der Waals surface area contributed by atoms with Crippen LogP contribution in [0.25, 0.3) is 0 Å². The molecular formula is C18H22FNOS. The van der Waals surface area contributed by atoms with E-state index in [-0.39, 0.29) is 17.6 Å². The first kappa shape index (κ1) is 15.6. The first-order chi connectivity index (χ1) is 10.6. The van der Waals surface area contributed by atoms with Crippen LogP contribution in [0.1, 0.15) is 19.8 Å². The molecule has 1 fully saturated rings. The number of allylic oxidation sites excluding steroid dienone is 2. The summed E-state index contributed by atoms with van der Waals surface area (Å²) in [5.74, 6) is 2.11. The highest BCUT2D eigenvalue weighted by Crippen LogP contribution is 2.33. The van der Waals surface area contributed by atoms with Gasteiger partial charge in [-0.1, -0.05) is 19.1 Å². The van der Waals surface area contributed by atoms with Gasteiger partial charge < -0.3 is 4.90 Å². The number of halogens is 1. The predicted octanol–water partition coefficient (Wildman–Crippen LogP) is 3.98. The third kappa shape index (κ3) is 3.54. The van der Waals surface area contributed by atoms with Crippen molar-refractivity contribution in [3.63, 3.8) is 0 Å². The standard InChI is InChI=1S/C18H22FNOS/c1-13(12-22-17-8-6-16(19)7-9-17)18(21)20-10-14-4-2-3-5-15(14)11-20/h2-3,6-9,13-15H,4-5,10-12H2,1H3/t13-,14-,15+/m0/s1. The van der Waals surface area contributed by atoms with E-state index >= 15 is 0 Å². The van der Waals surface area contributed by atoms with Crippen molar-refractivity contribution in [2.75, 3.05) is 18.8 Å². The van der Waals surface area contributed by atoms with Gasteiger partial charge in [0.15, 0.2) is 0 Å². The number of likely N-dealkylation sites (tertiary alicyclic amines) is 1. The molecule has 1 aromatic carbocycles. The lowest BCUT2D eigenvalue weighted by Crippen LogP contribution is -2.34. The third-order valence-corrected chi connectivity index (χ3v) is 5.94. The van der Waals surface area contributed by atoms with Crippen molar-refractivity contribution < 1.29 is 9.18 Å². The molecule has 118 valence electrons. The van der Waals surface area contributed by atoms with Gasteiger partial charge in [-0.2, -0.15) is 0 Å². The quantitative estimate of drug-likeness (QED) is 0.618. The van der Waals surface area contributed by atoms with Crippen LogP contribution in [0.4, 0.5) is 4.39 Å². The molecule has 1 aromatic rings. The van der Waals surface area contributed by atoms with Gasteiger partial charge in [-0.3, -0.25) is 4.79 Å². The van der Waals surface area contributed by atoms with Gasteiger partial charge in [0.2, 0.25) is 5.91 Å².